The number of carbonyl (C=O) groups excluding carboxylic acids is 2. The van der Waals surface area contributed by atoms with E-state index in [0.717, 1.165) is 23.4 Å². The van der Waals surface area contributed by atoms with Crippen molar-refractivity contribution in [1.82, 2.24) is 10.2 Å². The van der Waals surface area contributed by atoms with Crippen LogP contribution in [0.3, 0.4) is 0 Å². The van der Waals surface area contributed by atoms with Crippen LogP contribution in [0.4, 0.5) is 31.2 Å². The van der Waals surface area contributed by atoms with Crippen LogP contribution in [0.15, 0.2) is 48.5 Å². The Morgan fingerprint density at radius 2 is 1.44 bits per heavy atom. The molecule has 13 nitrogen and oxygen atoms in total. The first-order valence-corrected chi connectivity index (χ1v) is 22.4. The van der Waals surface area contributed by atoms with Crippen molar-refractivity contribution in [2.75, 3.05) is 54.9 Å². The number of hydrogen-bond acceptors (Lipinski definition) is 12. The number of amides is 2. The maximum atomic E-state index is 15.1. The van der Waals surface area contributed by atoms with Gasteiger partial charge in [0, 0.05) is 49.6 Å². The minimum Gasteiger partial charge on any atom is -0.488 e. The maximum Gasteiger partial charge on any atom is 0.425 e. The number of anilines is 3. The van der Waals surface area contributed by atoms with Gasteiger partial charge in [-0.05, 0) is 103 Å². The number of rotatable bonds is 12. The van der Waals surface area contributed by atoms with Crippen molar-refractivity contribution in [3.8, 4) is 22.8 Å². The summed E-state index contributed by atoms with van der Waals surface area (Å²) in [4.78, 5) is 33.1. The van der Waals surface area contributed by atoms with Gasteiger partial charge in [-0.15, -0.1) is 10.2 Å². The highest BCUT2D eigenvalue weighted by Gasteiger charge is 2.43. The van der Waals surface area contributed by atoms with E-state index in [0.29, 0.717) is 42.4 Å². The third kappa shape index (κ3) is 10.7. The van der Waals surface area contributed by atoms with E-state index in [2.05, 4.69) is 53.9 Å². The Morgan fingerprint density at radius 3 is 2.02 bits per heavy atom. The summed E-state index contributed by atoms with van der Waals surface area (Å²) >= 11 is 0. The standard InChI is InChI=1S/C42H60FN5O8Si/c1-40(2,3)55-38(49)48(39(50)56-41(4,5)6)37-34(24-33(44-45-37)31-15-13-14-16-35(31)53-27-51-10)46-25-29-17-18-30(26-46)47(29)28-19-20-32(43)36(23-28)52-21-22-54-57(11,12)42(7,8)9/h13-16,19-20,23-24,29-30H,17-18,21-22,25-27H2,1-12H3. The molecule has 0 aliphatic carbocycles. The van der Waals surface area contributed by atoms with Crippen molar-refractivity contribution in [3.05, 3.63) is 54.3 Å². The molecule has 312 valence electrons. The highest BCUT2D eigenvalue weighted by atomic mass is 28.4. The van der Waals surface area contributed by atoms with Crippen molar-refractivity contribution in [1.29, 1.82) is 0 Å². The van der Waals surface area contributed by atoms with E-state index in [1.807, 2.05) is 24.3 Å². The van der Waals surface area contributed by atoms with Gasteiger partial charge in [-0.3, -0.25) is 0 Å². The molecule has 2 aromatic carbocycles. The minimum atomic E-state index is -1.98. The molecule has 2 atom stereocenters. The van der Waals surface area contributed by atoms with Crippen molar-refractivity contribution < 1.29 is 42.1 Å². The van der Waals surface area contributed by atoms with Crippen LogP contribution < -0.4 is 24.2 Å². The number of halogens is 1. The lowest BCUT2D eigenvalue weighted by atomic mass is 10.1. The molecule has 57 heavy (non-hydrogen) atoms. The Balaban J connectivity index is 1.49. The molecule has 2 amide bonds. The fourth-order valence-corrected chi connectivity index (χ4v) is 7.66. The summed E-state index contributed by atoms with van der Waals surface area (Å²) in [5.41, 5.74) is 0.587. The molecule has 2 fully saturated rings. The van der Waals surface area contributed by atoms with Gasteiger partial charge in [0.05, 0.1) is 18.0 Å². The summed E-state index contributed by atoms with van der Waals surface area (Å²) in [7, 11) is -0.438. The SMILES string of the molecule is COCOc1ccccc1-c1cc(N2CC3CCC(C2)N3c2ccc(F)c(OCCO[Si](C)(C)C(C)(C)C)c2)c(N(C(=O)OC(C)(C)C)C(=O)OC(C)(C)C)nn1. The zero-order valence-electron chi connectivity index (χ0n) is 35.6. The number of methoxy groups -OCH3 is 1. The Kier molecular flexibility index (Phi) is 13.1. The number of para-hydroxylation sites is 1. The number of carbonyl (C=O) groups is 2. The number of benzene rings is 2. The second-order valence-corrected chi connectivity index (χ2v) is 22.9. The van der Waals surface area contributed by atoms with Crippen LogP contribution in [-0.2, 0) is 18.6 Å². The molecular formula is C42H60FN5O8Si. The van der Waals surface area contributed by atoms with Crippen LogP contribution in [0.2, 0.25) is 18.1 Å². The third-order valence-corrected chi connectivity index (χ3v) is 14.8. The predicted molar refractivity (Wildman–Crippen MR) is 221 cm³/mol. The predicted octanol–water partition coefficient (Wildman–Crippen LogP) is 9.20. The zero-order valence-corrected chi connectivity index (χ0v) is 36.6. The number of piperazine rings is 1. The van der Waals surface area contributed by atoms with E-state index in [9.17, 15) is 9.59 Å². The van der Waals surface area contributed by atoms with Gasteiger partial charge in [0.1, 0.15) is 23.6 Å². The molecule has 2 saturated heterocycles. The Labute approximate surface area is 337 Å². The van der Waals surface area contributed by atoms with Gasteiger partial charge >= 0.3 is 12.2 Å². The lowest BCUT2D eigenvalue weighted by Gasteiger charge is -2.44. The van der Waals surface area contributed by atoms with Crippen LogP contribution in [0.1, 0.15) is 75.2 Å². The van der Waals surface area contributed by atoms with Gasteiger partial charge < -0.3 is 37.9 Å². The highest BCUT2D eigenvalue weighted by molar-refractivity contribution is 6.74. The molecule has 2 aliphatic rings. The monoisotopic (exact) mass is 809 g/mol. The molecule has 0 N–H and O–H groups in total. The van der Waals surface area contributed by atoms with Gasteiger partial charge in [0.2, 0.25) is 0 Å². The lowest BCUT2D eigenvalue weighted by molar-refractivity contribution is 0.0428. The Morgan fingerprint density at radius 1 is 0.825 bits per heavy atom. The van der Waals surface area contributed by atoms with E-state index in [4.69, 9.17) is 28.1 Å². The number of nitrogens with zero attached hydrogens (tertiary/aromatic N) is 5. The molecule has 1 aromatic heterocycles. The quantitative estimate of drug-likeness (QED) is 0.0984. The van der Waals surface area contributed by atoms with Crippen LogP contribution in [0, 0.1) is 5.82 Å². The summed E-state index contributed by atoms with van der Waals surface area (Å²) in [6, 6.07) is 14.2. The largest absolute Gasteiger partial charge is 0.488 e. The normalized spacial score (nSPS) is 17.4. The first-order valence-electron chi connectivity index (χ1n) is 19.5. The summed E-state index contributed by atoms with van der Waals surface area (Å²) in [6.45, 7) is 22.8. The fraction of sp³-hybridized carbons (Fsp3) is 0.571. The number of ether oxygens (including phenoxy) is 5. The van der Waals surface area contributed by atoms with Gasteiger partial charge in [0.25, 0.3) is 0 Å². The van der Waals surface area contributed by atoms with Crippen molar-refractivity contribution in [2.45, 2.75) is 117 Å². The molecule has 2 aliphatic heterocycles. The molecule has 3 aromatic rings. The first-order chi connectivity index (χ1) is 26.6. The van der Waals surface area contributed by atoms with Crippen molar-refractivity contribution in [3.63, 3.8) is 0 Å². The van der Waals surface area contributed by atoms with Crippen molar-refractivity contribution >= 4 is 37.7 Å². The summed E-state index contributed by atoms with van der Waals surface area (Å²) in [6.07, 6.45) is -0.158. The average Bonchev–Trinajstić information content (AvgIpc) is 3.36. The lowest BCUT2D eigenvalue weighted by Crippen LogP contribution is -2.54. The van der Waals surface area contributed by atoms with Crippen LogP contribution >= 0.6 is 0 Å². The zero-order chi connectivity index (χ0) is 41.9. The molecule has 2 bridgehead atoms. The summed E-state index contributed by atoms with van der Waals surface area (Å²) < 4.78 is 49.8. The van der Waals surface area contributed by atoms with Crippen LogP contribution in [0.25, 0.3) is 11.3 Å². The van der Waals surface area contributed by atoms with Gasteiger partial charge in [0.15, 0.2) is 32.5 Å². The van der Waals surface area contributed by atoms with E-state index < -0.39 is 37.5 Å². The minimum absolute atomic E-state index is 0.00210. The molecule has 0 spiro atoms. The van der Waals surface area contributed by atoms with Crippen molar-refractivity contribution in [2.24, 2.45) is 0 Å². The smallest absolute Gasteiger partial charge is 0.425 e. The summed E-state index contributed by atoms with van der Waals surface area (Å²) in [5.74, 6) is 0.242. The van der Waals surface area contributed by atoms with Crippen LogP contribution in [0.5, 0.6) is 11.5 Å². The number of fused-ring (bicyclic) bond motifs is 2. The van der Waals surface area contributed by atoms with E-state index in [-0.39, 0.29) is 42.1 Å². The van der Waals surface area contributed by atoms with Gasteiger partial charge in [-0.25, -0.2) is 14.0 Å². The third-order valence-electron chi connectivity index (χ3n) is 10.3. The van der Waals surface area contributed by atoms with E-state index in [1.54, 1.807) is 59.7 Å². The fourth-order valence-electron chi connectivity index (χ4n) is 6.64. The Bertz CT molecular complexity index is 1850. The molecule has 3 heterocycles. The molecule has 5 rings (SSSR count). The number of aromatic nitrogens is 2. The van der Waals surface area contributed by atoms with E-state index >= 15 is 4.39 Å². The topological polar surface area (TPSA) is 125 Å². The summed E-state index contributed by atoms with van der Waals surface area (Å²) in [5, 5.41) is 9.13. The maximum absolute atomic E-state index is 15.1. The Hall–Kier alpha value is -4.47. The first kappa shape index (κ1) is 43.6. The van der Waals surface area contributed by atoms with Crippen LogP contribution in [-0.4, -0.2) is 94.2 Å². The van der Waals surface area contributed by atoms with Gasteiger partial charge in [-0.2, -0.15) is 4.90 Å². The second-order valence-electron chi connectivity index (χ2n) is 18.1. The molecular weight excluding hydrogens is 750 g/mol. The number of hydrogen-bond donors (Lipinski definition) is 0. The molecule has 0 saturated carbocycles. The second kappa shape index (κ2) is 17.2. The molecule has 2 unspecified atom stereocenters. The number of imide groups is 1. The average molecular weight is 810 g/mol. The highest BCUT2D eigenvalue weighted by Crippen LogP contribution is 2.42. The molecule has 0 radical (unpaired) electrons. The van der Waals surface area contributed by atoms with E-state index in [1.165, 1.54) is 13.2 Å². The van der Waals surface area contributed by atoms with Gasteiger partial charge in [-0.1, -0.05) is 32.9 Å². The molecule has 15 heteroatoms.